The van der Waals surface area contributed by atoms with Crippen LogP contribution in [0.3, 0.4) is 0 Å². The summed E-state index contributed by atoms with van der Waals surface area (Å²) in [6.45, 7) is 2.68. The van der Waals surface area contributed by atoms with Gasteiger partial charge in [0.05, 0.1) is 17.7 Å². The molecule has 0 saturated heterocycles. The third-order valence-corrected chi connectivity index (χ3v) is 3.11. The van der Waals surface area contributed by atoms with Gasteiger partial charge in [-0.15, -0.1) is 0 Å². The van der Waals surface area contributed by atoms with Crippen LogP contribution in [0.5, 0.6) is 5.75 Å². The van der Waals surface area contributed by atoms with E-state index in [0.29, 0.717) is 30.2 Å². The molecular formula is C15H15N3O2. The maximum absolute atomic E-state index is 12.0. The minimum Gasteiger partial charge on any atom is -0.493 e. The highest BCUT2D eigenvalue weighted by Crippen LogP contribution is 2.29. The number of hydrogen-bond donors (Lipinski definition) is 1. The van der Waals surface area contributed by atoms with E-state index in [-0.39, 0.29) is 5.56 Å². The van der Waals surface area contributed by atoms with Crippen molar-refractivity contribution in [1.29, 1.82) is 0 Å². The van der Waals surface area contributed by atoms with Crippen LogP contribution in [0.15, 0.2) is 34.1 Å². The number of hydrogen-bond acceptors (Lipinski definition) is 4. The summed E-state index contributed by atoms with van der Waals surface area (Å²) in [5, 5.41) is 0. The van der Waals surface area contributed by atoms with Gasteiger partial charge >= 0.3 is 0 Å². The Kier molecular flexibility index (Phi) is 3.33. The molecule has 1 aliphatic rings. The molecule has 0 radical (unpaired) electrons. The van der Waals surface area contributed by atoms with Crippen molar-refractivity contribution in [2.24, 2.45) is 4.99 Å². The largest absolute Gasteiger partial charge is 0.493 e. The molecule has 0 atom stereocenters. The SMILES string of the molecule is CCCOc1ccccc1-c1nc2c(c(=O)[nH]1)CC=N2. The first-order valence-electron chi connectivity index (χ1n) is 6.67. The molecule has 2 aromatic rings. The number of aromatic amines is 1. The molecular weight excluding hydrogens is 254 g/mol. The number of rotatable bonds is 4. The van der Waals surface area contributed by atoms with Crippen molar-refractivity contribution in [3.63, 3.8) is 0 Å². The van der Waals surface area contributed by atoms with Gasteiger partial charge in [-0.1, -0.05) is 19.1 Å². The number of para-hydroxylation sites is 1. The van der Waals surface area contributed by atoms with Crippen molar-refractivity contribution in [2.45, 2.75) is 19.8 Å². The summed E-state index contributed by atoms with van der Waals surface area (Å²) in [6.07, 6.45) is 3.18. The van der Waals surface area contributed by atoms with Crippen LogP contribution in [-0.2, 0) is 6.42 Å². The molecule has 0 fully saturated rings. The molecule has 1 aromatic heterocycles. The summed E-state index contributed by atoms with van der Waals surface area (Å²) in [4.78, 5) is 23.4. The Morgan fingerprint density at radius 3 is 3.05 bits per heavy atom. The number of nitrogens with zero attached hydrogens (tertiary/aromatic N) is 2. The number of aromatic nitrogens is 2. The van der Waals surface area contributed by atoms with Gasteiger partial charge in [0, 0.05) is 12.6 Å². The monoisotopic (exact) mass is 269 g/mol. The molecule has 0 bridgehead atoms. The lowest BCUT2D eigenvalue weighted by atomic mass is 10.1. The lowest BCUT2D eigenvalue weighted by Gasteiger charge is -2.10. The maximum atomic E-state index is 12.0. The smallest absolute Gasteiger partial charge is 0.256 e. The molecule has 0 saturated carbocycles. The van der Waals surface area contributed by atoms with Crippen LogP contribution in [0.4, 0.5) is 5.82 Å². The van der Waals surface area contributed by atoms with E-state index in [1.54, 1.807) is 6.21 Å². The topological polar surface area (TPSA) is 67.3 Å². The fraction of sp³-hybridized carbons (Fsp3) is 0.267. The Hall–Kier alpha value is -2.43. The van der Waals surface area contributed by atoms with E-state index in [4.69, 9.17) is 4.74 Å². The molecule has 1 aliphatic heterocycles. The summed E-state index contributed by atoms with van der Waals surface area (Å²) < 4.78 is 5.70. The van der Waals surface area contributed by atoms with E-state index in [1.165, 1.54) is 0 Å². The van der Waals surface area contributed by atoms with E-state index in [1.807, 2.05) is 31.2 Å². The van der Waals surface area contributed by atoms with Crippen LogP contribution < -0.4 is 10.3 Å². The number of H-pyrrole nitrogens is 1. The number of aliphatic imine (C=N–C) groups is 1. The molecule has 1 N–H and O–H groups in total. The van der Waals surface area contributed by atoms with Gasteiger partial charge in [-0.2, -0.15) is 0 Å². The van der Waals surface area contributed by atoms with Crippen molar-refractivity contribution >= 4 is 12.0 Å². The second kappa shape index (κ2) is 5.28. The number of ether oxygens (including phenoxy) is 1. The van der Waals surface area contributed by atoms with Crippen LogP contribution in [-0.4, -0.2) is 22.8 Å². The van der Waals surface area contributed by atoms with Crippen molar-refractivity contribution in [2.75, 3.05) is 6.61 Å². The van der Waals surface area contributed by atoms with Gasteiger partial charge in [0.15, 0.2) is 5.82 Å². The highest BCUT2D eigenvalue weighted by atomic mass is 16.5. The Bertz CT molecular complexity index is 719. The number of fused-ring (bicyclic) bond motifs is 1. The molecule has 0 unspecified atom stereocenters. The first-order chi connectivity index (χ1) is 9.79. The van der Waals surface area contributed by atoms with Crippen molar-refractivity contribution in [1.82, 2.24) is 9.97 Å². The van der Waals surface area contributed by atoms with Crippen LogP contribution in [0.2, 0.25) is 0 Å². The summed E-state index contributed by atoms with van der Waals surface area (Å²) in [5.74, 6) is 1.73. The Morgan fingerprint density at radius 2 is 2.20 bits per heavy atom. The van der Waals surface area contributed by atoms with Gasteiger partial charge in [0.25, 0.3) is 5.56 Å². The van der Waals surface area contributed by atoms with E-state index >= 15 is 0 Å². The highest BCUT2D eigenvalue weighted by molar-refractivity contribution is 5.75. The fourth-order valence-electron chi connectivity index (χ4n) is 2.13. The fourth-order valence-corrected chi connectivity index (χ4v) is 2.13. The summed E-state index contributed by atoms with van der Waals surface area (Å²) >= 11 is 0. The first kappa shape index (κ1) is 12.6. The zero-order valence-electron chi connectivity index (χ0n) is 11.2. The van der Waals surface area contributed by atoms with Crippen molar-refractivity contribution < 1.29 is 4.74 Å². The average molecular weight is 269 g/mol. The zero-order chi connectivity index (χ0) is 13.9. The second-order valence-corrected chi connectivity index (χ2v) is 4.58. The second-order valence-electron chi connectivity index (χ2n) is 4.58. The van der Waals surface area contributed by atoms with Gasteiger partial charge in [-0.05, 0) is 18.6 Å². The normalized spacial score (nSPS) is 12.4. The lowest BCUT2D eigenvalue weighted by molar-refractivity contribution is 0.318. The van der Waals surface area contributed by atoms with E-state index < -0.39 is 0 Å². The van der Waals surface area contributed by atoms with Crippen LogP contribution >= 0.6 is 0 Å². The van der Waals surface area contributed by atoms with E-state index in [0.717, 1.165) is 17.7 Å². The quantitative estimate of drug-likeness (QED) is 0.927. The Morgan fingerprint density at radius 1 is 1.35 bits per heavy atom. The number of nitrogens with one attached hydrogen (secondary N) is 1. The van der Waals surface area contributed by atoms with Crippen molar-refractivity contribution in [3.8, 4) is 17.1 Å². The molecule has 1 aromatic carbocycles. The molecule has 3 rings (SSSR count). The molecule has 5 heteroatoms. The first-order valence-corrected chi connectivity index (χ1v) is 6.67. The minimum atomic E-state index is -0.132. The predicted molar refractivity (Wildman–Crippen MR) is 77.9 cm³/mol. The van der Waals surface area contributed by atoms with Crippen LogP contribution in [0, 0.1) is 0 Å². The van der Waals surface area contributed by atoms with Gasteiger partial charge in [0.1, 0.15) is 11.6 Å². The molecule has 102 valence electrons. The summed E-state index contributed by atoms with van der Waals surface area (Å²) in [5.41, 5.74) is 1.27. The molecule has 20 heavy (non-hydrogen) atoms. The molecule has 0 spiro atoms. The van der Waals surface area contributed by atoms with Gasteiger partial charge in [-0.3, -0.25) is 4.79 Å². The van der Waals surface area contributed by atoms with Gasteiger partial charge in [0.2, 0.25) is 0 Å². The maximum Gasteiger partial charge on any atom is 0.256 e. The standard InChI is InChI=1S/C15H15N3O2/c1-2-9-20-12-6-4-3-5-10(12)14-17-13-11(7-8-16-13)15(19)18-14/h3-6,8H,2,7,9H2,1H3,(H,17,18,19). The van der Waals surface area contributed by atoms with Crippen LogP contribution in [0.25, 0.3) is 11.4 Å². The van der Waals surface area contributed by atoms with Gasteiger partial charge in [-0.25, -0.2) is 9.98 Å². The highest BCUT2D eigenvalue weighted by Gasteiger charge is 2.16. The lowest BCUT2D eigenvalue weighted by Crippen LogP contribution is -2.13. The van der Waals surface area contributed by atoms with Gasteiger partial charge < -0.3 is 9.72 Å². The molecule has 2 heterocycles. The molecule has 0 aliphatic carbocycles. The van der Waals surface area contributed by atoms with Crippen molar-refractivity contribution in [3.05, 3.63) is 40.2 Å². The number of benzene rings is 1. The van der Waals surface area contributed by atoms with Crippen LogP contribution in [0.1, 0.15) is 18.9 Å². The summed E-state index contributed by atoms with van der Waals surface area (Å²) in [7, 11) is 0. The van der Waals surface area contributed by atoms with E-state index in [9.17, 15) is 4.79 Å². The Balaban J connectivity index is 2.07. The molecule has 5 nitrogen and oxygen atoms in total. The third kappa shape index (κ3) is 2.22. The average Bonchev–Trinajstić information content (AvgIpc) is 2.94. The zero-order valence-corrected chi connectivity index (χ0v) is 11.2. The third-order valence-electron chi connectivity index (χ3n) is 3.11. The minimum absolute atomic E-state index is 0.132. The predicted octanol–water partition coefficient (Wildman–Crippen LogP) is 2.48. The molecule has 0 amide bonds. The Labute approximate surface area is 116 Å². The summed E-state index contributed by atoms with van der Waals surface area (Å²) in [6, 6.07) is 7.55. The van der Waals surface area contributed by atoms with E-state index in [2.05, 4.69) is 15.0 Å².